The summed E-state index contributed by atoms with van der Waals surface area (Å²) in [5, 5.41) is 0.774. The van der Waals surface area contributed by atoms with Crippen LogP contribution in [0.5, 0.6) is 0 Å². The smallest absolute Gasteiger partial charge is 0.0558 e. The summed E-state index contributed by atoms with van der Waals surface area (Å²) in [6.07, 6.45) is 5.34. The number of pyridine rings is 1. The van der Waals surface area contributed by atoms with Crippen LogP contribution in [0.25, 0.3) is 0 Å². The second-order valence-electron chi connectivity index (χ2n) is 6.02. The number of halogens is 1. The van der Waals surface area contributed by atoms with Gasteiger partial charge in [0.05, 0.1) is 5.69 Å². The van der Waals surface area contributed by atoms with E-state index in [1.165, 1.54) is 6.42 Å². The first-order chi connectivity index (χ1) is 9.70. The van der Waals surface area contributed by atoms with Gasteiger partial charge in [-0.05, 0) is 44.5 Å². The zero-order valence-corrected chi connectivity index (χ0v) is 12.6. The Morgan fingerprint density at radius 1 is 1.25 bits per heavy atom. The standard InChI is InChI=1S/C15H23ClN4/c16-12-1-5-18-14(9-12)10-19-6-4-15(11-19)20-7-2-13(17)3-8-20/h1,5,9,13,15H,2-4,6-8,10-11,17H2. The lowest BCUT2D eigenvalue weighted by molar-refractivity contribution is 0.151. The zero-order chi connectivity index (χ0) is 13.9. The van der Waals surface area contributed by atoms with Gasteiger partial charge >= 0.3 is 0 Å². The highest BCUT2D eigenvalue weighted by molar-refractivity contribution is 6.30. The first-order valence-electron chi connectivity index (χ1n) is 7.53. The molecule has 0 aromatic carbocycles. The highest BCUT2D eigenvalue weighted by atomic mass is 35.5. The van der Waals surface area contributed by atoms with Crippen molar-refractivity contribution in [3.8, 4) is 0 Å². The molecule has 1 aromatic rings. The van der Waals surface area contributed by atoms with Crippen LogP contribution in [0.2, 0.25) is 5.02 Å². The van der Waals surface area contributed by atoms with E-state index in [-0.39, 0.29) is 0 Å². The summed E-state index contributed by atoms with van der Waals surface area (Å²) >= 11 is 6.02. The van der Waals surface area contributed by atoms with Gasteiger partial charge in [0.15, 0.2) is 0 Å². The highest BCUT2D eigenvalue weighted by Crippen LogP contribution is 2.21. The van der Waals surface area contributed by atoms with Crippen molar-refractivity contribution < 1.29 is 0 Å². The molecular weight excluding hydrogens is 272 g/mol. The molecular formula is C15H23ClN4. The number of nitrogens with two attached hydrogens (primary N) is 1. The second-order valence-corrected chi connectivity index (χ2v) is 6.45. The zero-order valence-electron chi connectivity index (χ0n) is 11.8. The lowest BCUT2D eigenvalue weighted by atomic mass is 10.0. The van der Waals surface area contributed by atoms with Crippen molar-refractivity contribution in [3.05, 3.63) is 29.0 Å². The Morgan fingerprint density at radius 2 is 2.05 bits per heavy atom. The second kappa shape index (κ2) is 6.39. The number of likely N-dealkylation sites (tertiary alicyclic amines) is 2. The molecule has 20 heavy (non-hydrogen) atoms. The van der Waals surface area contributed by atoms with E-state index >= 15 is 0 Å². The van der Waals surface area contributed by atoms with Crippen LogP contribution in [0.4, 0.5) is 0 Å². The number of piperidine rings is 1. The largest absolute Gasteiger partial charge is 0.328 e. The van der Waals surface area contributed by atoms with Crippen LogP contribution in [0.1, 0.15) is 25.0 Å². The molecule has 0 saturated carbocycles. The van der Waals surface area contributed by atoms with Crippen molar-refractivity contribution in [3.63, 3.8) is 0 Å². The van der Waals surface area contributed by atoms with E-state index in [2.05, 4.69) is 14.8 Å². The van der Waals surface area contributed by atoms with Crippen LogP contribution in [0, 0.1) is 0 Å². The number of nitrogens with zero attached hydrogens (tertiary/aromatic N) is 3. The maximum atomic E-state index is 6.02. The van der Waals surface area contributed by atoms with Gasteiger partial charge in [0, 0.05) is 42.9 Å². The molecule has 2 aliphatic heterocycles. The third-order valence-electron chi connectivity index (χ3n) is 4.50. The minimum Gasteiger partial charge on any atom is -0.328 e. The number of rotatable bonds is 3. The molecule has 4 nitrogen and oxygen atoms in total. The molecule has 0 aliphatic carbocycles. The molecule has 3 heterocycles. The van der Waals surface area contributed by atoms with Gasteiger partial charge in [0.25, 0.3) is 0 Å². The Hall–Kier alpha value is -0.680. The van der Waals surface area contributed by atoms with Crippen molar-refractivity contribution >= 4 is 11.6 Å². The maximum Gasteiger partial charge on any atom is 0.0558 e. The molecule has 5 heteroatoms. The normalized spacial score (nSPS) is 26.2. The molecule has 0 bridgehead atoms. The van der Waals surface area contributed by atoms with Crippen LogP contribution in [0.15, 0.2) is 18.3 Å². The number of aromatic nitrogens is 1. The summed E-state index contributed by atoms with van der Waals surface area (Å²) in [4.78, 5) is 9.50. The molecule has 1 aromatic heterocycles. The minimum absolute atomic E-state index is 0.416. The van der Waals surface area contributed by atoms with Gasteiger partial charge in [-0.1, -0.05) is 11.6 Å². The van der Waals surface area contributed by atoms with Crippen molar-refractivity contribution in [1.82, 2.24) is 14.8 Å². The van der Waals surface area contributed by atoms with Crippen molar-refractivity contribution in [1.29, 1.82) is 0 Å². The van der Waals surface area contributed by atoms with Gasteiger partial charge < -0.3 is 5.73 Å². The Bertz CT molecular complexity index is 445. The van der Waals surface area contributed by atoms with Gasteiger partial charge in [-0.25, -0.2) is 0 Å². The molecule has 2 N–H and O–H groups in total. The van der Waals surface area contributed by atoms with E-state index in [9.17, 15) is 0 Å². The van der Waals surface area contributed by atoms with Crippen LogP contribution in [0.3, 0.4) is 0 Å². The van der Waals surface area contributed by atoms with Gasteiger partial charge in [-0.2, -0.15) is 0 Å². The highest BCUT2D eigenvalue weighted by Gasteiger charge is 2.29. The monoisotopic (exact) mass is 294 g/mol. The van der Waals surface area contributed by atoms with Crippen LogP contribution < -0.4 is 5.73 Å². The van der Waals surface area contributed by atoms with Crippen molar-refractivity contribution in [2.24, 2.45) is 5.73 Å². The fourth-order valence-corrected chi connectivity index (χ4v) is 3.49. The molecule has 0 amide bonds. The third-order valence-corrected chi connectivity index (χ3v) is 4.74. The van der Waals surface area contributed by atoms with Crippen LogP contribution >= 0.6 is 11.6 Å². The van der Waals surface area contributed by atoms with Gasteiger partial charge in [0.2, 0.25) is 0 Å². The van der Waals surface area contributed by atoms with E-state index in [1.807, 2.05) is 12.1 Å². The predicted octanol–water partition coefficient (Wildman–Crippen LogP) is 1.73. The molecule has 110 valence electrons. The Labute approximate surface area is 125 Å². The van der Waals surface area contributed by atoms with Crippen molar-refractivity contribution in [2.45, 2.75) is 37.9 Å². The van der Waals surface area contributed by atoms with E-state index < -0.39 is 0 Å². The fraction of sp³-hybridized carbons (Fsp3) is 0.667. The number of hydrogen-bond acceptors (Lipinski definition) is 4. The van der Waals surface area contributed by atoms with E-state index in [1.54, 1.807) is 6.20 Å². The minimum atomic E-state index is 0.416. The molecule has 2 fully saturated rings. The first-order valence-corrected chi connectivity index (χ1v) is 7.91. The molecule has 1 atom stereocenters. The molecule has 1 unspecified atom stereocenters. The average molecular weight is 295 g/mol. The summed E-state index contributed by atoms with van der Waals surface area (Å²) in [6.45, 7) is 5.53. The van der Waals surface area contributed by atoms with Gasteiger partial charge in [0.1, 0.15) is 0 Å². The molecule has 2 saturated heterocycles. The Morgan fingerprint density at radius 3 is 2.80 bits per heavy atom. The van der Waals surface area contributed by atoms with Gasteiger partial charge in [-0.3, -0.25) is 14.8 Å². The molecule has 2 aliphatic rings. The van der Waals surface area contributed by atoms with E-state index in [4.69, 9.17) is 17.3 Å². The average Bonchev–Trinajstić information content (AvgIpc) is 2.88. The topological polar surface area (TPSA) is 45.4 Å². The van der Waals surface area contributed by atoms with Crippen LogP contribution in [-0.2, 0) is 6.54 Å². The van der Waals surface area contributed by atoms with Gasteiger partial charge in [-0.15, -0.1) is 0 Å². The SMILES string of the molecule is NC1CCN(C2CCN(Cc3cc(Cl)ccn3)C2)CC1. The number of hydrogen-bond donors (Lipinski definition) is 1. The third kappa shape index (κ3) is 3.50. The summed E-state index contributed by atoms with van der Waals surface area (Å²) in [5.74, 6) is 0. The summed E-state index contributed by atoms with van der Waals surface area (Å²) in [6, 6.07) is 4.91. The van der Waals surface area contributed by atoms with E-state index in [0.717, 1.165) is 56.3 Å². The Balaban J connectivity index is 1.52. The predicted molar refractivity (Wildman–Crippen MR) is 81.7 cm³/mol. The quantitative estimate of drug-likeness (QED) is 0.922. The maximum absolute atomic E-state index is 6.02. The lowest BCUT2D eigenvalue weighted by Crippen LogP contribution is -2.46. The molecule has 0 spiro atoms. The summed E-state index contributed by atoms with van der Waals surface area (Å²) in [5.41, 5.74) is 7.05. The Kier molecular flexibility index (Phi) is 4.56. The molecule has 0 radical (unpaired) electrons. The first kappa shape index (κ1) is 14.3. The van der Waals surface area contributed by atoms with Crippen molar-refractivity contribution in [2.75, 3.05) is 26.2 Å². The lowest BCUT2D eigenvalue weighted by Gasteiger charge is -2.34. The summed E-state index contributed by atoms with van der Waals surface area (Å²) < 4.78 is 0. The van der Waals surface area contributed by atoms with E-state index in [0.29, 0.717) is 12.1 Å². The summed E-state index contributed by atoms with van der Waals surface area (Å²) in [7, 11) is 0. The van der Waals surface area contributed by atoms with Crippen LogP contribution in [-0.4, -0.2) is 53.0 Å². The fourth-order valence-electron chi connectivity index (χ4n) is 3.30. The molecule has 3 rings (SSSR count).